The summed E-state index contributed by atoms with van der Waals surface area (Å²) in [5, 5.41) is 3.57. The number of ether oxygens (including phenoxy) is 2. The van der Waals surface area contributed by atoms with Crippen LogP contribution < -0.4 is 9.47 Å². The molecular formula is C20H21F3N4O5. The SMILES string of the molecule is CC(=N/C(=C(\C)C(=O)N(C)C)N(C=O)Cc1ccno1)Oc1cccc(OC(F)(F)F)c1. The fourth-order valence-corrected chi connectivity index (χ4v) is 2.53. The molecule has 1 heterocycles. The quantitative estimate of drug-likeness (QED) is 0.263. The average molecular weight is 454 g/mol. The van der Waals surface area contributed by atoms with Gasteiger partial charge in [-0.05, 0) is 19.1 Å². The van der Waals surface area contributed by atoms with Gasteiger partial charge in [-0.2, -0.15) is 4.99 Å². The Morgan fingerprint density at radius 2 is 1.91 bits per heavy atom. The van der Waals surface area contributed by atoms with Gasteiger partial charge in [0.15, 0.2) is 11.7 Å². The molecule has 0 N–H and O–H groups in total. The first-order valence-corrected chi connectivity index (χ1v) is 9.13. The maximum atomic E-state index is 12.5. The van der Waals surface area contributed by atoms with E-state index in [1.807, 2.05) is 0 Å². The molecule has 0 saturated heterocycles. The highest BCUT2D eigenvalue weighted by atomic mass is 19.4. The smallest absolute Gasteiger partial charge is 0.443 e. The van der Waals surface area contributed by atoms with Crippen molar-refractivity contribution in [3.8, 4) is 11.5 Å². The molecule has 0 unspecified atom stereocenters. The molecule has 0 aliphatic carbocycles. The molecule has 2 aromatic rings. The molecule has 32 heavy (non-hydrogen) atoms. The van der Waals surface area contributed by atoms with Crippen LogP contribution in [0.2, 0.25) is 0 Å². The maximum Gasteiger partial charge on any atom is 0.573 e. The first-order chi connectivity index (χ1) is 15.0. The van der Waals surface area contributed by atoms with Crippen LogP contribution in [-0.2, 0) is 16.1 Å². The summed E-state index contributed by atoms with van der Waals surface area (Å²) in [6, 6.07) is 6.39. The number of alkyl halides is 3. The molecule has 1 aromatic carbocycles. The van der Waals surface area contributed by atoms with Crippen LogP contribution in [0, 0.1) is 0 Å². The molecule has 12 heteroatoms. The van der Waals surface area contributed by atoms with Crippen LogP contribution in [0.5, 0.6) is 11.5 Å². The molecule has 0 bridgehead atoms. The molecule has 2 amide bonds. The van der Waals surface area contributed by atoms with Gasteiger partial charge in [-0.25, -0.2) is 0 Å². The molecular weight excluding hydrogens is 433 g/mol. The second kappa shape index (κ2) is 10.5. The topological polar surface area (TPSA) is 97.5 Å². The third-order valence-corrected chi connectivity index (χ3v) is 3.85. The molecule has 0 aliphatic rings. The minimum Gasteiger partial charge on any atom is -0.443 e. The lowest BCUT2D eigenvalue weighted by atomic mass is 10.2. The summed E-state index contributed by atoms with van der Waals surface area (Å²) < 4.78 is 51.7. The van der Waals surface area contributed by atoms with E-state index >= 15 is 0 Å². The van der Waals surface area contributed by atoms with Gasteiger partial charge in [0.05, 0.1) is 18.3 Å². The van der Waals surface area contributed by atoms with Gasteiger partial charge >= 0.3 is 6.36 Å². The number of aliphatic imine (C=N–C) groups is 1. The van der Waals surface area contributed by atoms with Gasteiger partial charge in [0.1, 0.15) is 17.3 Å². The molecule has 0 atom stereocenters. The Morgan fingerprint density at radius 3 is 2.47 bits per heavy atom. The summed E-state index contributed by atoms with van der Waals surface area (Å²) in [6.07, 6.45) is -3.00. The second-order valence-electron chi connectivity index (χ2n) is 6.62. The largest absolute Gasteiger partial charge is 0.573 e. The van der Waals surface area contributed by atoms with Crippen molar-refractivity contribution < 1.29 is 36.8 Å². The summed E-state index contributed by atoms with van der Waals surface area (Å²) in [4.78, 5) is 30.9. The molecule has 0 radical (unpaired) electrons. The first-order valence-electron chi connectivity index (χ1n) is 9.13. The lowest BCUT2D eigenvalue weighted by Crippen LogP contribution is -2.28. The van der Waals surface area contributed by atoms with Crippen molar-refractivity contribution in [3.05, 3.63) is 53.7 Å². The third-order valence-electron chi connectivity index (χ3n) is 3.85. The third kappa shape index (κ3) is 7.15. The molecule has 172 valence electrons. The van der Waals surface area contributed by atoms with Crippen molar-refractivity contribution in [1.82, 2.24) is 15.0 Å². The van der Waals surface area contributed by atoms with E-state index in [-0.39, 0.29) is 29.6 Å². The number of rotatable bonds is 8. The zero-order valence-corrected chi connectivity index (χ0v) is 17.7. The first kappa shape index (κ1) is 24.4. The van der Waals surface area contributed by atoms with Crippen molar-refractivity contribution in [2.24, 2.45) is 4.99 Å². The van der Waals surface area contributed by atoms with Crippen LogP contribution in [0.3, 0.4) is 0 Å². The van der Waals surface area contributed by atoms with E-state index in [1.54, 1.807) is 0 Å². The van der Waals surface area contributed by atoms with Gasteiger partial charge in [0.2, 0.25) is 6.41 Å². The van der Waals surface area contributed by atoms with Crippen LogP contribution in [0.15, 0.2) is 57.4 Å². The zero-order chi connectivity index (χ0) is 23.9. The fourth-order valence-electron chi connectivity index (χ4n) is 2.53. The molecule has 1 aromatic heterocycles. The number of hydrogen-bond acceptors (Lipinski definition) is 7. The van der Waals surface area contributed by atoms with Crippen LogP contribution in [0.25, 0.3) is 0 Å². The highest BCUT2D eigenvalue weighted by Crippen LogP contribution is 2.26. The zero-order valence-electron chi connectivity index (χ0n) is 17.7. The number of hydrogen-bond donors (Lipinski definition) is 0. The van der Waals surface area contributed by atoms with E-state index in [4.69, 9.17) is 9.26 Å². The van der Waals surface area contributed by atoms with Crippen LogP contribution in [0.1, 0.15) is 19.6 Å². The van der Waals surface area contributed by atoms with E-state index in [1.165, 1.54) is 57.2 Å². The maximum absolute atomic E-state index is 12.5. The fraction of sp³-hybridized carbons (Fsp3) is 0.300. The Bertz CT molecular complexity index is 1000. The number of nitrogens with zero attached hydrogens (tertiary/aromatic N) is 4. The predicted octanol–water partition coefficient (Wildman–Crippen LogP) is 3.35. The van der Waals surface area contributed by atoms with E-state index in [9.17, 15) is 22.8 Å². The minimum absolute atomic E-state index is 0.0110. The molecule has 9 nitrogen and oxygen atoms in total. The summed E-state index contributed by atoms with van der Waals surface area (Å²) >= 11 is 0. The number of carbonyl (C=O) groups is 2. The second-order valence-corrected chi connectivity index (χ2v) is 6.62. The molecule has 2 rings (SSSR count). The Balaban J connectivity index is 2.37. The Morgan fingerprint density at radius 1 is 1.22 bits per heavy atom. The number of benzene rings is 1. The van der Waals surface area contributed by atoms with Gasteiger partial charge in [0, 0.05) is 33.2 Å². The Hall–Kier alpha value is -3.83. The molecule has 0 saturated carbocycles. The monoisotopic (exact) mass is 454 g/mol. The van der Waals surface area contributed by atoms with Crippen molar-refractivity contribution in [1.29, 1.82) is 0 Å². The van der Waals surface area contributed by atoms with Gasteiger partial charge in [-0.3, -0.25) is 14.5 Å². The van der Waals surface area contributed by atoms with Crippen molar-refractivity contribution in [2.45, 2.75) is 26.8 Å². The number of amides is 2. The number of aromatic nitrogens is 1. The van der Waals surface area contributed by atoms with Gasteiger partial charge < -0.3 is 18.9 Å². The summed E-state index contributed by atoms with van der Waals surface area (Å²) in [6.45, 7) is 2.83. The van der Waals surface area contributed by atoms with Crippen molar-refractivity contribution >= 4 is 18.2 Å². The summed E-state index contributed by atoms with van der Waals surface area (Å²) in [5.74, 6) is -0.615. The number of carbonyl (C=O) groups excluding carboxylic acids is 2. The van der Waals surface area contributed by atoms with E-state index < -0.39 is 18.0 Å². The van der Waals surface area contributed by atoms with Crippen molar-refractivity contribution in [3.63, 3.8) is 0 Å². The Labute approximate surface area is 181 Å². The van der Waals surface area contributed by atoms with E-state index in [2.05, 4.69) is 14.9 Å². The highest BCUT2D eigenvalue weighted by Gasteiger charge is 2.31. The molecule has 0 aliphatic heterocycles. The number of likely N-dealkylation sites (N-methyl/N-ethyl adjacent to an activating group) is 1. The van der Waals surface area contributed by atoms with Crippen LogP contribution in [0.4, 0.5) is 13.2 Å². The van der Waals surface area contributed by atoms with E-state index in [0.717, 1.165) is 17.0 Å². The minimum atomic E-state index is -4.85. The van der Waals surface area contributed by atoms with E-state index in [0.29, 0.717) is 12.2 Å². The predicted molar refractivity (Wildman–Crippen MR) is 106 cm³/mol. The summed E-state index contributed by atoms with van der Waals surface area (Å²) in [7, 11) is 3.06. The number of halogens is 3. The standard InChI is InChI=1S/C20H21F3N4O5/c1-13(19(29)26(3)4)18(27(12-28)11-17-8-9-24-32-17)25-14(2)30-15-6-5-7-16(10-15)31-20(21,22)23/h5-10,12H,11H2,1-4H3/b18-13-,25-14?. The van der Waals surface area contributed by atoms with Gasteiger partial charge in [-0.1, -0.05) is 11.2 Å². The van der Waals surface area contributed by atoms with Crippen molar-refractivity contribution in [2.75, 3.05) is 14.1 Å². The van der Waals surface area contributed by atoms with Gasteiger partial charge in [-0.15, -0.1) is 13.2 Å². The highest BCUT2D eigenvalue weighted by molar-refractivity contribution is 5.94. The van der Waals surface area contributed by atoms with Crippen LogP contribution in [-0.4, -0.2) is 53.6 Å². The average Bonchev–Trinajstić information content (AvgIpc) is 3.21. The molecule has 0 fully saturated rings. The molecule has 0 spiro atoms. The lowest BCUT2D eigenvalue weighted by molar-refractivity contribution is -0.274. The lowest BCUT2D eigenvalue weighted by Gasteiger charge is -2.21. The van der Waals surface area contributed by atoms with Gasteiger partial charge in [0.25, 0.3) is 5.91 Å². The summed E-state index contributed by atoms with van der Waals surface area (Å²) in [5.41, 5.74) is 0.124. The Kier molecular flexibility index (Phi) is 7.99. The van der Waals surface area contributed by atoms with Crippen LogP contribution >= 0.6 is 0 Å². The normalized spacial score (nSPS) is 12.7.